The number of carbonyl (C=O) groups excluding carboxylic acids is 1. The standard InChI is InChI=1S/C5H10FO3P/c1-9-5(7)4(6)10(2,3)8/h4H,1-3H3. The first-order chi connectivity index (χ1) is 4.39. The maximum atomic E-state index is 12.6. The molecular formula is C5H10FO3P. The average Bonchev–Trinajstić information content (AvgIpc) is 1.83. The van der Waals surface area contributed by atoms with Crippen molar-refractivity contribution in [3.63, 3.8) is 0 Å². The van der Waals surface area contributed by atoms with E-state index >= 15 is 0 Å². The van der Waals surface area contributed by atoms with E-state index in [1.807, 2.05) is 0 Å². The predicted octanol–water partition coefficient (Wildman–Crippen LogP) is 1.08. The predicted molar refractivity (Wildman–Crippen MR) is 36.4 cm³/mol. The molecule has 0 aromatic heterocycles. The van der Waals surface area contributed by atoms with Crippen molar-refractivity contribution in [2.45, 2.75) is 5.91 Å². The Morgan fingerprint density at radius 2 is 2.00 bits per heavy atom. The number of carbonyl (C=O) groups is 1. The third-order valence-corrected chi connectivity index (χ3v) is 2.24. The van der Waals surface area contributed by atoms with Gasteiger partial charge in [-0.3, -0.25) is 0 Å². The fourth-order valence-electron chi connectivity index (χ4n) is 0.351. The molecule has 0 aliphatic heterocycles. The molecule has 0 N–H and O–H groups in total. The summed E-state index contributed by atoms with van der Waals surface area (Å²) in [6.07, 6.45) is 0. The maximum Gasteiger partial charge on any atom is 0.348 e. The van der Waals surface area contributed by atoms with E-state index in [0.29, 0.717) is 0 Å². The minimum absolute atomic E-state index is 1.06. The molecule has 1 atom stereocenters. The summed E-state index contributed by atoms with van der Waals surface area (Å²) in [6, 6.07) is 0. The Morgan fingerprint density at radius 3 is 2.10 bits per heavy atom. The molecule has 0 saturated heterocycles. The van der Waals surface area contributed by atoms with E-state index in [9.17, 15) is 13.8 Å². The summed E-state index contributed by atoms with van der Waals surface area (Å²) in [5.74, 6) is -3.04. The molecule has 0 aliphatic carbocycles. The SMILES string of the molecule is COC(=O)C(F)P(C)(C)=O. The molecule has 0 spiro atoms. The van der Waals surface area contributed by atoms with Gasteiger partial charge in [-0.25, -0.2) is 9.18 Å². The van der Waals surface area contributed by atoms with Crippen molar-refractivity contribution in [2.75, 3.05) is 20.4 Å². The molecule has 0 amide bonds. The van der Waals surface area contributed by atoms with Crippen molar-refractivity contribution >= 4 is 13.1 Å². The van der Waals surface area contributed by atoms with Gasteiger partial charge in [-0.1, -0.05) is 0 Å². The lowest BCUT2D eigenvalue weighted by Gasteiger charge is -2.09. The molecule has 1 unspecified atom stereocenters. The molecule has 5 heteroatoms. The Balaban J connectivity index is 4.23. The summed E-state index contributed by atoms with van der Waals surface area (Å²) in [6.45, 7) is 2.41. The zero-order chi connectivity index (χ0) is 8.36. The zero-order valence-electron chi connectivity index (χ0n) is 6.13. The third kappa shape index (κ3) is 2.48. The molecule has 10 heavy (non-hydrogen) atoms. The zero-order valence-corrected chi connectivity index (χ0v) is 7.02. The van der Waals surface area contributed by atoms with Crippen LogP contribution in [0, 0.1) is 0 Å². The third-order valence-electron chi connectivity index (χ3n) is 0.942. The molecular weight excluding hydrogens is 158 g/mol. The molecule has 0 heterocycles. The van der Waals surface area contributed by atoms with Crippen LogP contribution < -0.4 is 0 Å². The van der Waals surface area contributed by atoms with Gasteiger partial charge in [0.1, 0.15) is 7.14 Å². The molecule has 3 nitrogen and oxygen atoms in total. The quantitative estimate of drug-likeness (QED) is 0.457. The number of hydrogen-bond acceptors (Lipinski definition) is 3. The van der Waals surface area contributed by atoms with Gasteiger partial charge in [0.15, 0.2) is 0 Å². The van der Waals surface area contributed by atoms with Crippen LogP contribution in [0.25, 0.3) is 0 Å². The Hall–Kier alpha value is -0.370. The van der Waals surface area contributed by atoms with Crippen molar-refractivity contribution in [3.8, 4) is 0 Å². The lowest BCUT2D eigenvalue weighted by atomic mass is 10.8. The normalized spacial score (nSPS) is 14.4. The van der Waals surface area contributed by atoms with E-state index in [1.165, 1.54) is 13.3 Å². The van der Waals surface area contributed by atoms with Crippen LogP contribution in [0.1, 0.15) is 0 Å². The minimum atomic E-state index is -2.97. The van der Waals surface area contributed by atoms with Crippen molar-refractivity contribution in [1.29, 1.82) is 0 Å². The maximum absolute atomic E-state index is 12.6. The smallest absolute Gasteiger partial charge is 0.348 e. The Bertz CT molecular complexity index is 174. The van der Waals surface area contributed by atoms with Crippen LogP contribution in [0.15, 0.2) is 0 Å². The van der Waals surface area contributed by atoms with E-state index in [4.69, 9.17) is 0 Å². The van der Waals surface area contributed by atoms with Crippen LogP contribution >= 0.6 is 7.14 Å². The number of ether oxygens (including phenoxy) is 1. The fourth-order valence-corrected chi connectivity index (χ4v) is 0.964. The molecule has 0 radical (unpaired) electrons. The highest BCUT2D eigenvalue weighted by atomic mass is 31.2. The van der Waals surface area contributed by atoms with Gasteiger partial charge in [-0.15, -0.1) is 0 Å². The summed E-state index contributed by atoms with van der Waals surface area (Å²) in [4.78, 5) is 10.4. The summed E-state index contributed by atoms with van der Waals surface area (Å²) in [5, 5.41) is 0. The van der Waals surface area contributed by atoms with E-state index in [-0.39, 0.29) is 0 Å². The topological polar surface area (TPSA) is 43.4 Å². The van der Waals surface area contributed by atoms with Gasteiger partial charge in [0.2, 0.25) is 5.91 Å². The minimum Gasteiger partial charge on any atom is -0.467 e. The van der Waals surface area contributed by atoms with E-state index in [0.717, 1.165) is 7.11 Å². The number of halogens is 1. The van der Waals surface area contributed by atoms with Gasteiger partial charge in [0.25, 0.3) is 0 Å². The number of rotatable bonds is 2. The van der Waals surface area contributed by atoms with Crippen LogP contribution in [-0.4, -0.2) is 32.3 Å². The molecule has 0 aromatic rings. The Kier molecular flexibility index (Phi) is 3.03. The van der Waals surface area contributed by atoms with Crippen molar-refractivity contribution in [1.82, 2.24) is 0 Å². The lowest BCUT2D eigenvalue weighted by molar-refractivity contribution is -0.143. The average molecular weight is 168 g/mol. The molecule has 0 bridgehead atoms. The van der Waals surface area contributed by atoms with Gasteiger partial charge >= 0.3 is 5.97 Å². The molecule has 0 rings (SSSR count). The first-order valence-electron chi connectivity index (χ1n) is 2.66. The molecule has 0 aliphatic rings. The molecule has 0 saturated carbocycles. The number of esters is 1. The monoisotopic (exact) mass is 168 g/mol. The summed E-state index contributed by atoms with van der Waals surface area (Å²) < 4.78 is 27.5. The van der Waals surface area contributed by atoms with Gasteiger partial charge in [0, 0.05) is 0 Å². The van der Waals surface area contributed by atoms with Gasteiger partial charge in [-0.2, -0.15) is 0 Å². The first-order valence-corrected chi connectivity index (χ1v) is 5.33. The molecule has 0 aromatic carbocycles. The van der Waals surface area contributed by atoms with Gasteiger partial charge in [-0.05, 0) is 13.3 Å². The number of hydrogen-bond donors (Lipinski definition) is 0. The largest absolute Gasteiger partial charge is 0.467 e. The van der Waals surface area contributed by atoms with Crippen LogP contribution in [-0.2, 0) is 14.1 Å². The summed E-state index contributed by atoms with van der Waals surface area (Å²) in [5.41, 5.74) is 0. The second kappa shape index (κ2) is 3.15. The summed E-state index contributed by atoms with van der Waals surface area (Å²) in [7, 11) is -1.91. The molecule has 0 fully saturated rings. The van der Waals surface area contributed by atoms with Gasteiger partial charge < -0.3 is 9.30 Å². The highest BCUT2D eigenvalue weighted by Crippen LogP contribution is 2.43. The van der Waals surface area contributed by atoms with Gasteiger partial charge in [0.05, 0.1) is 7.11 Å². The van der Waals surface area contributed by atoms with Crippen molar-refractivity contribution < 1.29 is 18.5 Å². The van der Waals surface area contributed by atoms with Crippen molar-refractivity contribution in [3.05, 3.63) is 0 Å². The van der Waals surface area contributed by atoms with Crippen LogP contribution in [0.3, 0.4) is 0 Å². The second-order valence-corrected chi connectivity index (χ2v) is 5.61. The van der Waals surface area contributed by atoms with Crippen molar-refractivity contribution in [2.24, 2.45) is 0 Å². The second-order valence-electron chi connectivity index (χ2n) is 2.29. The summed E-state index contributed by atoms with van der Waals surface area (Å²) >= 11 is 0. The first kappa shape index (κ1) is 9.63. The molecule has 60 valence electrons. The highest BCUT2D eigenvalue weighted by Gasteiger charge is 2.30. The Labute approximate surface area is 58.9 Å². The Morgan fingerprint density at radius 1 is 1.60 bits per heavy atom. The number of alkyl halides is 1. The van der Waals surface area contributed by atoms with Crippen LogP contribution in [0.5, 0.6) is 0 Å². The highest BCUT2D eigenvalue weighted by molar-refractivity contribution is 7.63. The van der Waals surface area contributed by atoms with Crippen LogP contribution in [0.4, 0.5) is 4.39 Å². The van der Waals surface area contributed by atoms with E-state index < -0.39 is 19.0 Å². The van der Waals surface area contributed by atoms with Crippen LogP contribution in [0.2, 0.25) is 0 Å². The van der Waals surface area contributed by atoms with E-state index in [1.54, 1.807) is 0 Å². The fraction of sp³-hybridized carbons (Fsp3) is 0.800. The van der Waals surface area contributed by atoms with E-state index in [2.05, 4.69) is 4.74 Å². The number of methoxy groups -OCH3 is 1. The lowest BCUT2D eigenvalue weighted by Crippen LogP contribution is -2.16.